The number of nitrogens with zero attached hydrogens (tertiary/aromatic N) is 1. The van der Waals surface area contributed by atoms with Gasteiger partial charge in [0.15, 0.2) is 0 Å². The fraction of sp³-hybridized carbons (Fsp3) is 0.571. The molecular formula is C21H27NO4S. The highest BCUT2D eigenvalue weighted by Gasteiger charge is 2.55. The summed E-state index contributed by atoms with van der Waals surface area (Å²) >= 11 is 1.26. The van der Waals surface area contributed by atoms with Crippen LogP contribution in [0.15, 0.2) is 30.3 Å². The number of carbonyl (C=O) groups excluding carboxylic acids is 2. The first kappa shape index (κ1) is 19.9. The van der Waals surface area contributed by atoms with Gasteiger partial charge in [-0.25, -0.2) is 4.79 Å². The Bertz CT molecular complexity index is 720. The van der Waals surface area contributed by atoms with Gasteiger partial charge < -0.3 is 10.0 Å². The second-order valence-electron chi connectivity index (χ2n) is 7.84. The largest absolute Gasteiger partial charge is 0.480 e. The van der Waals surface area contributed by atoms with Crippen LogP contribution in [-0.2, 0) is 9.59 Å². The lowest BCUT2D eigenvalue weighted by Crippen LogP contribution is -2.53. The molecule has 146 valence electrons. The van der Waals surface area contributed by atoms with E-state index in [2.05, 4.69) is 0 Å². The molecule has 1 aromatic carbocycles. The van der Waals surface area contributed by atoms with Gasteiger partial charge in [0.2, 0.25) is 11.0 Å². The maximum atomic E-state index is 13.6. The van der Waals surface area contributed by atoms with Gasteiger partial charge >= 0.3 is 5.97 Å². The van der Waals surface area contributed by atoms with Crippen molar-refractivity contribution in [2.75, 3.05) is 6.54 Å². The summed E-state index contributed by atoms with van der Waals surface area (Å²) in [5.41, 5.74) is -0.0308. The molecule has 2 fully saturated rings. The molecule has 2 unspecified atom stereocenters. The average Bonchev–Trinajstić information content (AvgIpc) is 3.29. The molecule has 0 radical (unpaired) electrons. The number of likely N-dealkylation sites (tertiary alicyclic amines) is 1. The summed E-state index contributed by atoms with van der Waals surface area (Å²) in [7, 11) is 0. The fourth-order valence-electron chi connectivity index (χ4n) is 4.62. The van der Waals surface area contributed by atoms with Crippen molar-refractivity contribution in [1.29, 1.82) is 0 Å². The second-order valence-corrected chi connectivity index (χ2v) is 9.02. The smallest absolute Gasteiger partial charge is 0.326 e. The molecule has 3 rings (SSSR count). The van der Waals surface area contributed by atoms with Crippen LogP contribution in [0.25, 0.3) is 0 Å². The molecule has 5 nitrogen and oxygen atoms in total. The van der Waals surface area contributed by atoms with E-state index in [1.54, 1.807) is 17.0 Å². The molecule has 1 aliphatic heterocycles. The third kappa shape index (κ3) is 3.64. The molecule has 1 heterocycles. The minimum Gasteiger partial charge on any atom is -0.480 e. The summed E-state index contributed by atoms with van der Waals surface area (Å²) in [5.74, 6) is -0.954. The number of rotatable bonds is 5. The highest BCUT2D eigenvalue weighted by molar-refractivity contribution is 8.14. The minimum atomic E-state index is -0.928. The van der Waals surface area contributed by atoms with E-state index < -0.39 is 17.4 Å². The third-order valence-corrected chi connectivity index (χ3v) is 7.51. The number of hydrogen-bond donors (Lipinski definition) is 1. The molecular weight excluding hydrogens is 362 g/mol. The number of carboxylic acid groups (broad SMARTS) is 1. The summed E-state index contributed by atoms with van der Waals surface area (Å²) in [4.78, 5) is 39.5. The lowest BCUT2D eigenvalue weighted by molar-refractivity contribution is -0.154. The average molecular weight is 390 g/mol. The Morgan fingerprint density at radius 2 is 1.85 bits per heavy atom. The fourth-order valence-corrected chi connectivity index (χ4v) is 6.14. The van der Waals surface area contributed by atoms with Gasteiger partial charge in [0, 0.05) is 17.4 Å². The SMILES string of the molecule is CC(C)C1(C(=O)N2CCC[C@H]2C(=O)O)CCCC1SC(=O)c1ccccc1. The van der Waals surface area contributed by atoms with E-state index in [1.165, 1.54) is 11.8 Å². The van der Waals surface area contributed by atoms with E-state index in [4.69, 9.17) is 0 Å². The van der Waals surface area contributed by atoms with Crippen LogP contribution in [0.5, 0.6) is 0 Å². The molecule has 0 aromatic heterocycles. The van der Waals surface area contributed by atoms with E-state index in [-0.39, 0.29) is 22.2 Å². The van der Waals surface area contributed by atoms with Crippen molar-refractivity contribution in [3.05, 3.63) is 35.9 Å². The molecule has 1 aromatic rings. The van der Waals surface area contributed by atoms with Gasteiger partial charge in [0.25, 0.3) is 0 Å². The Hall–Kier alpha value is -1.82. The molecule has 1 N–H and O–H groups in total. The Kier molecular flexibility index (Phi) is 5.94. The Balaban J connectivity index is 1.87. The maximum absolute atomic E-state index is 13.6. The van der Waals surface area contributed by atoms with Crippen molar-refractivity contribution >= 4 is 28.8 Å². The minimum absolute atomic E-state index is 0.0171. The zero-order valence-electron chi connectivity index (χ0n) is 15.9. The van der Waals surface area contributed by atoms with Crippen LogP contribution in [0.2, 0.25) is 0 Å². The summed E-state index contributed by atoms with van der Waals surface area (Å²) in [5, 5.41) is 9.37. The summed E-state index contributed by atoms with van der Waals surface area (Å²) in [6, 6.07) is 8.41. The Labute approximate surface area is 164 Å². The number of carbonyl (C=O) groups is 3. The zero-order chi connectivity index (χ0) is 19.6. The van der Waals surface area contributed by atoms with Crippen molar-refractivity contribution in [2.24, 2.45) is 11.3 Å². The Morgan fingerprint density at radius 1 is 1.15 bits per heavy atom. The van der Waals surface area contributed by atoms with Gasteiger partial charge in [-0.05, 0) is 31.6 Å². The van der Waals surface area contributed by atoms with Crippen LogP contribution in [0.1, 0.15) is 56.3 Å². The molecule has 0 spiro atoms. The first-order valence-corrected chi connectivity index (χ1v) is 10.6. The van der Waals surface area contributed by atoms with Gasteiger partial charge in [-0.2, -0.15) is 0 Å². The summed E-state index contributed by atoms with van der Waals surface area (Å²) < 4.78 is 0. The number of amides is 1. The lowest BCUT2D eigenvalue weighted by atomic mass is 9.74. The van der Waals surface area contributed by atoms with Gasteiger partial charge in [0.1, 0.15) is 6.04 Å². The molecule has 1 saturated carbocycles. The number of hydrogen-bond acceptors (Lipinski definition) is 4. The second kappa shape index (κ2) is 8.05. The van der Waals surface area contributed by atoms with Crippen molar-refractivity contribution in [2.45, 2.75) is 57.2 Å². The third-order valence-electron chi connectivity index (χ3n) is 6.12. The normalized spacial score (nSPS) is 27.9. The zero-order valence-corrected chi connectivity index (χ0v) is 16.7. The Morgan fingerprint density at radius 3 is 2.48 bits per heavy atom. The number of benzene rings is 1. The molecule has 0 bridgehead atoms. The maximum Gasteiger partial charge on any atom is 0.326 e. The highest BCUT2D eigenvalue weighted by atomic mass is 32.2. The van der Waals surface area contributed by atoms with Crippen LogP contribution in [0.3, 0.4) is 0 Å². The van der Waals surface area contributed by atoms with E-state index in [1.807, 2.05) is 32.0 Å². The first-order valence-electron chi connectivity index (χ1n) is 9.68. The first-order chi connectivity index (χ1) is 12.9. The number of thioether (sulfide) groups is 1. The molecule has 6 heteroatoms. The van der Waals surface area contributed by atoms with Crippen LogP contribution in [0.4, 0.5) is 0 Å². The van der Waals surface area contributed by atoms with Crippen molar-refractivity contribution in [3.8, 4) is 0 Å². The molecule has 1 amide bonds. The molecule has 3 atom stereocenters. The quantitative estimate of drug-likeness (QED) is 0.828. The summed E-state index contributed by atoms with van der Waals surface area (Å²) in [6.07, 6.45) is 3.63. The van der Waals surface area contributed by atoms with Crippen molar-refractivity contribution in [1.82, 2.24) is 4.90 Å². The van der Waals surface area contributed by atoms with Gasteiger partial charge in [-0.15, -0.1) is 0 Å². The molecule has 1 saturated heterocycles. The van der Waals surface area contributed by atoms with Crippen LogP contribution in [0, 0.1) is 11.3 Å². The van der Waals surface area contributed by atoms with Gasteiger partial charge in [-0.3, -0.25) is 9.59 Å². The molecule has 1 aliphatic carbocycles. The lowest BCUT2D eigenvalue weighted by Gasteiger charge is -2.41. The predicted molar refractivity (Wildman–Crippen MR) is 106 cm³/mol. The summed E-state index contributed by atoms with van der Waals surface area (Å²) in [6.45, 7) is 4.54. The van der Waals surface area contributed by atoms with E-state index in [0.29, 0.717) is 24.9 Å². The van der Waals surface area contributed by atoms with E-state index >= 15 is 0 Å². The topological polar surface area (TPSA) is 74.7 Å². The van der Waals surface area contributed by atoms with Crippen molar-refractivity contribution < 1.29 is 19.5 Å². The van der Waals surface area contributed by atoms with Crippen LogP contribution >= 0.6 is 11.8 Å². The number of carboxylic acids is 1. The standard InChI is InChI=1S/C21H27NO4S/c1-14(2)21(20(26)22-13-7-10-16(22)18(23)24)12-6-11-17(21)27-19(25)15-8-4-3-5-9-15/h3-5,8-9,14,16-17H,6-7,10-13H2,1-2H3,(H,23,24)/t16-,17?,21?/m0/s1. The highest BCUT2D eigenvalue weighted by Crippen LogP contribution is 2.52. The van der Waals surface area contributed by atoms with Crippen molar-refractivity contribution in [3.63, 3.8) is 0 Å². The monoisotopic (exact) mass is 389 g/mol. The van der Waals surface area contributed by atoms with E-state index in [9.17, 15) is 19.5 Å². The van der Waals surface area contributed by atoms with Gasteiger partial charge in [-0.1, -0.05) is 62.4 Å². The van der Waals surface area contributed by atoms with Crippen LogP contribution in [-0.4, -0.2) is 44.8 Å². The van der Waals surface area contributed by atoms with E-state index in [0.717, 1.165) is 19.3 Å². The van der Waals surface area contributed by atoms with Gasteiger partial charge in [0.05, 0.1) is 5.41 Å². The number of aliphatic carboxylic acids is 1. The van der Waals surface area contributed by atoms with Crippen LogP contribution < -0.4 is 0 Å². The molecule has 2 aliphatic rings. The predicted octanol–water partition coefficient (Wildman–Crippen LogP) is 3.83. The molecule has 27 heavy (non-hydrogen) atoms.